The van der Waals surface area contributed by atoms with E-state index in [1.807, 2.05) is 0 Å². The molecule has 0 aromatic heterocycles. The Morgan fingerprint density at radius 3 is 3.05 bits per heavy atom. The maximum absolute atomic E-state index is 11.9. The van der Waals surface area contributed by atoms with Crippen LogP contribution in [0.4, 0.5) is 5.69 Å². The Labute approximate surface area is 124 Å². The molecule has 0 aliphatic carbocycles. The maximum Gasteiger partial charge on any atom is 0.243 e. The highest BCUT2D eigenvalue weighted by Gasteiger charge is 2.22. The minimum Gasteiger partial charge on any atom is -0.481 e. The molecule has 5 heteroatoms. The van der Waals surface area contributed by atoms with Crippen LogP contribution in [0.5, 0.6) is 5.75 Å². The van der Waals surface area contributed by atoms with E-state index in [1.54, 1.807) is 36.1 Å². The van der Waals surface area contributed by atoms with Crippen molar-refractivity contribution in [2.45, 2.75) is 19.8 Å². The zero-order valence-corrected chi connectivity index (χ0v) is 12.0. The highest BCUT2D eigenvalue weighted by Crippen LogP contribution is 2.17. The molecule has 21 heavy (non-hydrogen) atoms. The smallest absolute Gasteiger partial charge is 0.243 e. The van der Waals surface area contributed by atoms with E-state index in [4.69, 9.17) is 4.74 Å². The minimum atomic E-state index is -0.198. The van der Waals surface area contributed by atoms with E-state index in [1.165, 1.54) is 0 Å². The van der Waals surface area contributed by atoms with Gasteiger partial charge in [-0.3, -0.25) is 9.59 Å². The first-order valence-electron chi connectivity index (χ1n) is 6.89. The van der Waals surface area contributed by atoms with Crippen LogP contribution < -0.4 is 10.1 Å². The van der Waals surface area contributed by atoms with Crippen molar-refractivity contribution in [3.8, 4) is 17.6 Å². The fourth-order valence-corrected chi connectivity index (χ4v) is 2.10. The van der Waals surface area contributed by atoms with Crippen LogP contribution in [0.25, 0.3) is 0 Å². The van der Waals surface area contributed by atoms with Gasteiger partial charge in [-0.25, -0.2) is 0 Å². The largest absolute Gasteiger partial charge is 0.481 e. The fraction of sp³-hybridized carbons (Fsp3) is 0.375. The maximum atomic E-state index is 11.9. The van der Waals surface area contributed by atoms with Gasteiger partial charge in [-0.05, 0) is 25.5 Å². The fourth-order valence-electron chi connectivity index (χ4n) is 2.10. The van der Waals surface area contributed by atoms with E-state index in [0.29, 0.717) is 31.0 Å². The quantitative estimate of drug-likeness (QED) is 0.837. The lowest BCUT2D eigenvalue weighted by molar-refractivity contribution is -0.131. The van der Waals surface area contributed by atoms with Gasteiger partial charge in [-0.15, -0.1) is 5.92 Å². The molecular weight excluding hydrogens is 268 g/mol. The second kappa shape index (κ2) is 7.34. The molecule has 2 amide bonds. The third kappa shape index (κ3) is 4.53. The Balaban J connectivity index is 1.89. The molecule has 0 saturated carbocycles. The minimum absolute atomic E-state index is 0.0420. The van der Waals surface area contributed by atoms with Gasteiger partial charge < -0.3 is 15.0 Å². The number of likely N-dealkylation sites (tertiary alicyclic amines) is 1. The van der Waals surface area contributed by atoms with Gasteiger partial charge in [0.1, 0.15) is 12.4 Å². The van der Waals surface area contributed by atoms with E-state index in [0.717, 1.165) is 6.42 Å². The van der Waals surface area contributed by atoms with Crippen molar-refractivity contribution in [3.05, 3.63) is 24.3 Å². The summed E-state index contributed by atoms with van der Waals surface area (Å²) >= 11 is 0. The molecule has 0 atom stereocenters. The van der Waals surface area contributed by atoms with E-state index < -0.39 is 0 Å². The third-order valence-corrected chi connectivity index (χ3v) is 3.11. The summed E-state index contributed by atoms with van der Waals surface area (Å²) in [6, 6.07) is 7.12. The number of carbonyl (C=O) groups is 2. The van der Waals surface area contributed by atoms with Gasteiger partial charge in [0.05, 0.1) is 6.54 Å². The summed E-state index contributed by atoms with van der Waals surface area (Å²) in [5.74, 6) is 6.04. The Kier molecular flexibility index (Phi) is 5.22. The van der Waals surface area contributed by atoms with Gasteiger partial charge in [0, 0.05) is 24.7 Å². The average Bonchev–Trinajstić information content (AvgIpc) is 2.85. The summed E-state index contributed by atoms with van der Waals surface area (Å²) in [5.41, 5.74) is 0.647. The van der Waals surface area contributed by atoms with Gasteiger partial charge in [0.25, 0.3) is 0 Å². The van der Waals surface area contributed by atoms with Gasteiger partial charge in [0.15, 0.2) is 0 Å². The van der Waals surface area contributed by atoms with Crippen LogP contribution >= 0.6 is 0 Å². The Bertz CT molecular complexity index is 587. The number of hydrogen-bond donors (Lipinski definition) is 1. The van der Waals surface area contributed by atoms with Gasteiger partial charge in [-0.1, -0.05) is 12.0 Å². The third-order valence-electron chi connectivity index (χ3n) is 3.11. The molecule has 1 heterocycles. The number of carbonyl (C=O) groups excluding carboxylic acids is 2. The number of ether oxygens (including phenoxy) is 1. The molecule has 0 unspecified atom stereocenters. The summed E-state index contributed by atoms with van der Waals surface area (Å²) < 4.78 is 5.43. The van der Waals surface area contributed by atoms with Crippen molar-refractivity contribution in [2.75, 3.05) is 25.0 Å². The lowest BCUT2D eigenvalue weighted by Gasteiger charge is -2.15. The monoisotopic (exact) mass is 286 g/mol. The number of hydrogen-bond acceptors (Lipinski definition) is 3. The Morgan fingerprint density at radius 2 is 2.33 bits per heavy atom. The number of benzene rings is 1. The predicted molar refractivity (Wildman–Crippen MR) is 79.8 cm³/mol. The van der Waals surface area contributed by atoms with Crippen LogP contribution in [0, 0.1) is 11.8 Å². The molecule has 110 valence electrons. The van der Waals surface area contributed by atoms with Crippen LogP contribution in [0.1, 0.15) is 19.8 Å². The van der Waals surface area contributed by atoms with Crippen LogP contribution in [0.2, 0.25) is 0 Å². The van der Waals surface area contributed by atoms with Crippen LogP contribution in [0.15, 0.2) is 24.3 Å². The first-order valence-corrected chi connectivity index (χ1v) is 6.89. The van der Waals surface area contributed by atoms with Crippen LogP contribution in [-0.2, 0) is 9.59 Å². The van der Waals surface area contributed by atoms with Crippen molar-refractivity contribution in [3.63, 3.8) is 0 Å². The number of amides is 2. The van der Waals surface area contributed by atoms with Crippen molar-refractivity contribution in [2.24, 2.45) is 0 Å². The molecule has 0 radical (unpaired) electrons. The molecule has 1 aliphatic rings. The van der Waals surface area contributed by atoms with E-state index in [9.17, 15) is 9.59 Å². The van der Waals surface area contributed by atoms with Crippen molar-refractivity contribution in [1.29, 1.82) is 0 Å². The number of rotatable bonds is 5. The second-order valence-corrected chi connectivity index (χ2v) is 4.71. The molecular formula is C16H18N2O3. The molecule has 2 rings (SSSR count). The Morgan fingerprint density at radius 1 is 1.48 bits per heavy atom. The van der Waals surface area contributed by atoms with Crippen LogP contribution in [0.3, 0.4) is 0 Å². The first kappa shape index (κ1) is 14.9. The zero-order chi connectivity index (χ0) is 15.1. The second-order valence-electron chi connectivity index (χ2n) is 4.71. The van der Waals surface area contributed by atoms with Crippen molar-refractivity contribution < 1.29 is 14.3 Å². The van der Waals surface area contributed by atoms with E-state index >= 15 is 0 Å². The zero-order valence-electron chi connectivity index (χ0n) is 12.0. The molecule has 1 aromatic rings. The lowest BCUT2D eigenvalue weighted by Crippen LogP contribution is -2.33. The van der Waals surface area contributed by atoms with E-state index in [2.05, 4.69) is 17.2 Å². The SMILES string of the molecule is CC#CCOc1cccc(NC(=O)CN2CCCC2=O)c1. The summed E-state index contributed by atoms with van der Waals surface area (Å²) in [5, 5.41) is 2.77. The number of nitrogens with zero attached hydrogens (tertiary/aromatic N) is 1. The molecule has 1 N–H and O–H groups in total. The topological polar surface area (TPSA) is 58.6 Å². The molecule has 5 nitrogen and oxygen atoms in total. The highest BCUT2D eigenvalue weighted by atomic mass is 16.5. The molecule has 1 saturated heterocycles. The molecule has 0 spiro atoms. The highest BCUT2D eigenvalue weighted by molar-refractivity contribution is 5.95. The normalized spacial score (nSPS) is 13.6. The Hall–Kier alpha value is -2.48. The standard InChI is InChI=1S/C16H18N2O3/c1-2-3-10-21-14-7-4-6-13(11-14)17-15(19)12-18-9-5-8-16(18)20/h4,6-7,11H,5,8-10,12H2,1H3,(H,17,19). The summed E-state index contributed by atoms with van der Waals surface area (Å²) in [4.78, 5) is 25.0. The molecule has 1 aromatic carbocycles. The number of anilines is 1. The van der Waals surface area contributed by atoms with Crippen molar-refractivity contribution >= 4 is 17.5 Å². The molecule has 1 aliphatic heterocycles. The summed E-state index contributed by atoms with van der Waals surface area (Å²) in [6.45, 7) is 2.83. The summed E-state index contributed by atoms with van der Waals surface area (Å²) in [7, 11) is 0. The molecule has 0 bridgehead atoms. The summed E-state index contributed by atoms with van der Waals surface area (Å²) in [6.07, 6.45) is 1.36. The van der Waals surface area contributed by atoms with Gasteiger partial charge in [0.2, 0.25) is 11.8 Å². The van der Waals surface area contributed by atoms with Crippen LogP contribution in [-0.4, -0.2) is 36.4 Å². The van der Waals surface area contributed by atoms with Gasteiger partial charge >= 0.3 is 0 Å². The first-order chi connectivity index (χ1) is 10.2. The number of nitrogens with one attached hydrogen (secondary N) is 1. The van der Waals surface area contributed by atoms with Crippen molar-refractivity contribution in [1.82, 2.24) is 4.90 Å². The molecule has 1 fully saturated rings. The average molecular weight is 286 g/mol. The van der Waals surface area contributed by atoms with Gasteiger partial charge in [-0.2, -0.15) is 0 Å². The van der Waals surface area contributed by atoms with E-state index in [-0.39, 0.29) is 18.4 Å². The lowest BCUT2D eigenvalue weighted by atomic mass is 10.3. The predicted octanol–water partition coefficient (Wildman–Crippen LogP) is 1.65.